The molecule has 0 radical (unpaired) electrons. The number of nitrogens with zero attached hydrogens (tertiary/aromatic N) is 4. The van der Waals surface area contributed by atoms with Gasteiger partial charge in [0.15, 0.2) is 0 Å². The molecule has 7 heteroatoms. The largest absolute Gasteiger partial charge is 0.379 e. The summed E-state index contributed by atoms with van der Waals surface area (Å²) >= 11 is 0. The second-order valence-electron chi connectivity index (χ2n) is 7.24. The topological polar surface area (TPSA) is 72.3 Å². The predicted molar refractivity (Wildman–Crippen MR) is 90.9 cm³/mol. The highest BCUT2D eigenvalue weighted by Gasteiger charge is 2.35. The van der Waals surface area contributed by atoms with E-state index in [9.17, 15) is 4.79 Å². The van der Waals surface area contributed by atoms with Crippen molar-refractivity contribution in [3.05, 3.63) is 11.6 Å². The molecule has 1 amide bonds. The average Bonchev–Trinajstić information content (AvgIpc) is 2.94. The Balaban J connectivity index is 1.62. The lowest BCUT2D eigenvalue weighted by molar-refractivity contribution is 0.00725. The smallest absolute Gasteiger partial charge is 0.290 e. The van der Waals surface area contributed by atoms with Crippen molar-refractivity contribution < 1.29 is 9.53 Å². The third kappa shape index (κ3) is 4.13. The highest BCUT2D eigenvalue weighted by atomic mass is 16.5. The Morgan fingerprint density at radius 3 is 2.58 bits per heavy atom. The fourth-order valence-corrected chi connectivity index (χ4v) is 3.83. The number of amides is 1. The first kappa shape index (κ1) is 17.4. The summed E-state index contributed by atoms with van der Waals surface area (Å²) in [6, 6.07) is 0. The molecule has 0 bridgehead atoms. The molecule has 0 spiro atoms. The van der Waals surface area contributed by atoms with Gasteiger partial charge in [0, 0.05) is 38.6 Å². The molecule has 2 aliphatic rings. The summed E-state index contributed by atoms with van der Waals surface area (Å²) in [4.78, 5) is 19.1. The zero-order chi connectivity index (χ0) is 17.0. The van der Waals surface area contributed by atoms with E-state index in [4.69, 9.17) is 4.74 Å². The van der Waals surface area contributed by atoms with Crippen molar-refractivity contribution in [3.8, 4) is 0 Å². The quantitative estimate of drug-likeness (QED) is 0.873. The van der Waals surface area contributed by atoms with E-state index in [0.717, 1.165) is 38.7 Å². The summed E-state index contributed by atoms with van der Waals surface area (Å²) < 4.78 is 7.10. The van der Waals surface area contributed by atoms with Crippen LogP contribution in [0.15, 0.2) is 0 Å². The maximum absolute atomic E-state index is 12.4. The van der Waals surface area contributed by atoms with E-state index < -0.39 is 0 Å². The normalized spacial score (nSPS) is 21.6. The highest BCUT2D eigenvalue weighted by molar-refractivity contribution is 5.90. The van der Waals surface area contributed by atoms with Crippen LogP contribution in [0.4, 0.5) is 0 Å². The summed E-state index contributed by atoms with van der Waals surface area (Å²) in [5.41, 5.74) is 0.176. The molecule has 0 aromatic carbocycles. The predicted octanol–water partition coefficient (Wildman–Crippen LogP) is 1.14. The molecule has 1 N–H and O–H groups in total. The Bertz CT molecular complexity index is 540. The molecule has 7 nitrogen and oxygen atoms in total. The van der Waals surface area contributed by atoms with E-state index in [-0.39, 0.29) is 17.1 Å². The minimum absolute atomic E-state index is 0.161. The van der Waals surface area contributed by atoms with E-state index in [1.807, 2.05) is 6.92 Å². The van der Waals surface area contributed by atoms with Gasteiger partial charge in [-0.05, 0) is 19.8 Å². The molecular formula is C17H29N5O2. The Kier molecular flexibility index (Phi) is 5.50. The molecular weight excluding hydrogens is 306 g/mol. The van der Waals surface area contributed by atoms with Gasteiger partial charge < -0.3 is 10.1 Å². The van der Waals surface area contributed by atoms with Gasteiger partial charge in [0.2, 0.25) is 5.82 Å². The van der Waals surface area contributed by atoms with Crippen molar-refractivity contribution in [1.29, 1.82) is 0 Å². The van der Waals surface area contributed by atoms with Gasteiger partial charge >= 0.3 is 0 Å². The van der Waals surface area contributed by atoms with Gasteiger partial charge in [0.05, 0.1) is 13.2 Å². The lowest BCUT2D eigenvalue weighted by atomic mass is 9.73. The summed E-state index contributed by atoms with van der Waals surface area (Å²) in [5.74, 6) is 0.860. The van der Waals surface area contributed by atoms with Gasteiger partial charge in [-0.15, -0.1) is 5.10 Å². The first-order valence-electron chi connectivity index (χ1n) is 9.04. The molecule has 1 saturated carbocycles. The Morgan fingerprint density at radius 1 is 1.25 bits per heavy atom. The minimum atomic E-state index is -0.161. The minimum Gasteiger partial charge on any atom is -0.379 e. The van der Waals surface area contributed by atoms with Crippen molar-refractivity contribution in [1.82, 2.24) is 25.0 Å². The Labute approximate surface area is 143 Å². The van der Waals surface area contributed by atoms with Gasteiger partial charge in [-0.1, -0.05) is 19.3 Å². The van der Waals surface area contributed by atoms with E-state index in [1.54, 1.807) is 11.7 Å². The molecule has 1 aliphatic carbocycles. The molecule has 24 heavy (non-hydrogen) atoms. The number of aryl methyl sites for hydroxylation is 2. The summed E-state index contributed by atoms with van der Waals surface area (Å²) in [6.07, 6.45) is 6.17. The second-order valence-corrected chi connectivity index (χ2v) is 7.24. The van der Waals surface area contributed by atoms with E-state index in [1.165, 1.54) is 32.1 Å². The maximum atomic E-state index is 12.4. The number of ether oxygens (including phenoxy) is 1. The molecule has 1 saturated heterocycles. The lowest BCUT2D eigenvalue weighted by Gasteiger charge is -2.42. The highest BCUT2D eigenvalue weighted by Crippen LogP contribution is 2.36. The molecule has 0 unspecified atom stereocenters. The fraction of sp³-hybridized carbons (Fsp3) is 0.824. The third-order valence-corrected chi connectivity index (χ3v) is 5.38. The maximum Gasteiger partial charge on any atom is 0.290 e. The van der Waals surface area contributed by atoms with Gasteiger partial charge in [0.25, 0.3) is 5.91 Å². The number of morpholine rings is 1. The molecule has 0 atom stereocenters. The summed E-state index contributed by atoms with van der Waals surface area (Å²) in [6.45, 7) is 7.24. The Morgan fingerprint density at radius 2 is 1.96 bits per heavy atom. The van der Waals surface area contributed by atoms with Gasteiger partial charge in [-0.3, -0.25) is 14.4 Å². The van der Waals surface area contributed by atoms with Crippen LogP contribution < -0.4 is 5.32 Å². The second kappa shape index (κ2) is 7.61. The van der Waals surface area contributed by atoms with Crippen molar-refractivity contribution in [2.75, 3.05) is 39.4 Å². The van der Waals surface area contributed by atoms with E-state index in [0.29, 0.717) is 6.54 Å². The van der Waals surface area contributed by atoms with E-state index in [2.05, 4.69) is 20.3 Å². The van der Waals surface area contributed by atoms with Gasteiger partial charge in [-0.25, -0.2) is 4.98 Å². The molecule has 134 valence electrons. The Hall–Kier alpha value is -1.47. The van der Waals surface area contributed by atoms with Crippen molar-refractivity contribution in [2.24, 2.45) is 12.5 Å². The van der Waals surface area contributed by atoms with Gasteiger partial charge in [0.1, 0.15) is 5.82 Å². The molecule has 2 heterocycles. The number of carbonyl (C=O) groups is 1. The van der Waals surface area contributed by atoms with E-state index >= 15 is 0 Å². The molecule has 3 rings (SSSR count). The number of hydrogen-bond acceptors (Lipinski definition) is 5. The summed E-state index contributed by atoms with van der Waals surface area (Å²) in [7, 11) is 1.81. The van der Waals surface area contributed by atoms with Crippen LogP contribution in [0.3, 0.4) is 0 Å². The van der Waals surface area contributed by atoms with Crippen LogP contribution in [0.5, 0.6) is 0 Å². The third-order valence-electron chi connectivity index (χ3n) is 5.38. The zero-order valence-electron chi connectivity index (χ0n) is 14.9. The first-order chi connectivity index (χ1) is 11.6. The SMILES string of the molecule is Cc1nc(C(=O)NCC2(CN3CCOCC3)CCCCC2)nn1C. The van der Waals surface area contributed by atoms with Crippen LogP contribution in [0.1, 0.15) is 48.5 Å². The van der Waals surface area contributed by atoms with Crippen molar-refractivity contribution in [2.45, 2.75) is 39.0 Å². The first-order valence-corrected chi connectivity index (χ1v) is 9.04. The van der Waals surface area contributed by atoms with Crippen LogP contribution in [0.2, 0.25) is 0 Å². The lowest BCUT2D eigenvalue weighted by Crippen LogP contribution is -2.49. The van der Waals surface area contributed by atoms with Crippen molar-refractivity contribution in [3.63, 3.8) is 0 Å². The van der Waals surface area contributed by atoms with Crippen LogP contribution in [-0.4, -0.2) is 65.0 Å². The number of nitrogens with one attached hydrogen (secondary N) is 1. The number of carbonyl (C=O) groups excluding carboxylic acids is 1. The van der Waals surface area contributed by atoms with Crippen LogP contribution in [0, 0.1) is 12.3 Å². The number of rotatable bonds is 5. The standard InChI is InChI=1S/C17H29N5O2/c1-14-19-15(20-21(14)2)16(23)18-12-17(6-4-3-5-7-17)13-22-8-10-24-11-9-22/h3-13H2,1-2H3,(H,18,23). The number of hydrogen-bond donors (Lipinski definition) is 1. The number of aromatic nitrogens is 3. The molecule has 1 aliphatic heterocycles. The fourth-order valence-electron chi connectivity index (χ4n) is 3.83. The zero-order valence-corrected chi connectivity index (χ0v) is 14.9. The van der Waals surface area contributed by atoms with Crippen LogP contribution in [0.25, 0.3) is 0 Å². The monoisotopic (exact) mass is 335 g/mol. The average molecular weight is 335 g/mol. The van der Waals surface area contributed by atoms with Crippen molar-refractivity contribution >= 4 is 5.91 Å². The molecule has 1 aromatic rings. The summed E-state index contributed by atoms with van der Waals surface area (Å²) in [5, 5.41) is 7.28. The molecule has 1 aromatic heterocycles. The van der Waals surface area contributed by atoms with Crippen LogP contribution >= 0.6 is 0 Å². The van der Waals surface area contributed by atoms with Gasteiger partial charge in [-0.2, -0.15) is 0 Å². The molecule has 2 fully saturated rings. The van der Waals surface area contributed by atoms with Crippen LogP contribution in [-0.2, 0) is 11.8 Å².